The summed E-state index contributed by atoms with van der Waals surface area (Å²) < 4.78 is 10.9. The summed E-state index contributed by atoms with van der Waals surface area (Å²) in [6.07, 6.45) is 3.99. The van der Waals surface area contributed by atoms with E-state index >= 15 is 0 Å². The third-order valence-electron chi connectivity index (χ3n) is 5.80. The van der Waals surface area contributed by atoms with Crippen molar-refractivity contribution in [2.75, 3.05) is 6.79 Å². The van der Waals surface area contributed by atoms with E-state index in [2.05, 4.69) is 23.2 Å². The zero-order chi connectivity index (χ0) is 19.1. The van der Waals surface area contributed by atoms with E-state index in [9.17, 15) is 4.79 Å². The first-order chi connectivity index (χ1) is 13.7. The van der Waals surface area contributed by atoms with Gasteiger partial charge in [0.1, 0.15) is 5.78 Å². The standard InChI is InChI=1S/C24H21NO3/c1-16-20(18-5-3-2-4-6-18)11-17(14-25-16)12-23(26)24(9-10-24)19-7-8-21-22(13-19)28-15-27-21/h2-8,11,13-14H,9-10,12,15H2,1H3. The number of carbonyl (C=O) groups is 1. The molecule has 1 aromatic heterocycles. The lowest BCUT2D eigenvalue weighted by Gasteiger charge is -2.16. The van der Waals surface area contributed by atoms with Gasteiger partial charge < -0.3 is 9.47 Å². The lowest BCUT2D eigenvalue weighted by atomic mass is 9.87. The summed E-state index contributed by atoms with van der Waals surface area (Å²) in [5.41, 5.74) is 4.78. The second-order valence-electron chi connectivity index (χ2n) is 7.59. The Kier molecular flexibility index (Phi) is 3.93. The number of ether oxygens (including phenoxy) is 2. The number of ketones is 1. The van der Waals surface area contributed by atoms with Crippen LogP contribution < -0.4 is 9.47 Å². The topological polar surface area (TPSA) is 48.4 Å². The molecular weight excluding hydrogens is 350 g/mol. The number of carbonyl (C=O) groups excluding carboxylic acids is 1. The number of benzene rings is 2. The summed E-state index contributed by atoms with van der Waals surface area (Å²) in [5.74, 6) is 1.73. The van der Waals surface area contributed by atoms with Crippen LogP contribution in [0.25, 0.3) is 11.1 Å². The quantitative estimate of drug-likeness (QED) is 0.656. The van der Waals surface area contributed by atoms with Crippen molar-refractivity contribution in [2.24, 2.45) is 0 Å². The normalized spacial score (nSPS) is 16.0. The second-order valence-corrected chi connectivity index (χ2v) is 7.59. The van der Waals surface area contributed by atoms with Crippen LogP contribution in [-0.2, 0) is 16.6 Å². The van der Waals surface area contributed by atoms with Crippen LogP contribution in [0.4, 0.5) is 0 Å². The van der Waals surface area contributed by atoms with Crippen LogP contribution in [0.3, 0.4) is 0 Å². The lowest BCUT2D eigenvalue weighted by Crippen LogP contribution is -2.22. The minimum absolute atomic E-state index is 0.246. The van der Waals surface area contributed by atoms with Crippen molar-refractivity contribution in [3.63, 3.8) is 0 Å². The number of Topliss-reactive ketones (excluding diaryl/α,β-unsaturated/α-hetero) is 1. The number of rotatable bonds is 5. The third-order valence-corrected chi connectivity index (χ3v) is 5.80. The number of pyridine rings is 1. The number of nitrogens with zero attached hydrogens (tertiary/aromatic N) is 1. The monoisotopic (exact) mass is 371 g/mol. The van der Waals surface area contributed by atoms with Crippen molar-refractivity contribution >= 4 is 5.78 Å². The number of fused-ring (bicyclic) bond motifs is 1. The Bertz CT molecular complexity index is 1050. The van der Waals surface area contributed by atoms with Gasteiger partial charge in [-0.1, -0.05) is 36.4 Å². The van der Waals surface area contributed by atoms with Crippen LogP contribution >= 0.6 is 0 Å². The van der Waals surface area contributed by atoms with Gasteiger partial charge in [-0.25, -0.2) is 0 Å². The lowest BCUT2D eigenvalue weighted by molar-refractivity contribution is -0.120. The van der Waals surface area contributed by atoms with E-state index in [-0.39, 0.29) is 12.6 Å². The second kappa shape index (κ2) is 6.48. The SMILES string of the molecule is Cc1ncc(CC(=O)C2(c3ccc4c(c3)OCO4)CC2)cc1-c1ccccc1. The summed E-state index contributed by atoms with van der Waals surface area (Å²) in [6, 6.07) is 18.2. The number of hydrogen-bond acceptors (Lipinski definition) is 4. The molecule has 5 rings (SSSR count). The molecule has 1 saturated carbocycles. The molecule has 1 aliphatic carbocycles. The number of aromatic nitrogens is 1. The predicted octanol–water partition coefficient (Wildman–Crippen LogP) is 4.63. The highest BCUT2D eigenvalue weighted by atomic mass is 16.7. The molecule has 28 heavy (non-hydrogen) atoms. The van der Waals surface area contributed by atoms with E-state index in [1.165, 1.54) is 0 Å². The Morgan fingerprint density at radius 1 is 1.04 bits per heavy atom. The highest BCUT2D eigenvalue weighted by molar-refractivity contribution is 5.95. The maximum absolute atomic E-state index is 13.2. The maximum Gasteiger partial charge on any atom is 0.231 e. The molecular formula is C24H21NO3. The molecule has 3 aromatic rings. The molecule has 0 radical (unpaired) electrons. The minimum Gasteiger partial charge on any atom is -0.454 e. The van der Waals surface area contributed by atoms with Gasteiger partial charge in [0.05, 0.1) is 5.41 Å². The van der Waals surface area contributed by atoms with E-state index in [4.69, 9.17) is 9.47 Å². The van der Waals surface area contributed by atoms with Crippen LogP contribution in [-0.4, -0.2) is 17.6 Å². The largest absolute Gasteiger partial charge is 0.454 e. The van der Waals surface area contributed by atoms with Gasteiger partial charge in [0.25, 0.3) is 0 Å². The molecule has 1 aliphatic heterocycles. The molecule has 2 aliphatic rings. The Morgan fingerprint density at radius 2 is 1.82 bits per heavy atom. The van der Waals surface area contributed by atoms with Crippen LogP contribution in [0.2, 0.25) is 0 Å². The van der Waals surface area contributed by atoms with E-state index in [0.29, 0.717) is 6.42 Å². The first kappa shape index (κ1) is 17.0. The molecule has 4 heteroatoms. The fraction of sp³-hybridized carbons (Fsp3) is 0.250. The predicted molar refractivity (Wildman–Crippen MR) is 107 cm³/mol. The van der Waals surface area contributed by atoms with Gasteiger partial charge in [0, 0.05) is 23.9 Å². The molecule has 4 nitrogen and oxygen atoms in total. The van der Waals surface area contributed by atoms with Crippen molar-refractivity contribution < 1.29 is 14.3 Å². The number of hydrogen-bond donors (Lipinski definition) is 0. The van der Waals surface area contributed by atoms with Gasteiger partial charge in [-0.3, -0.25) is 9.78 Å². The van der Waals surface area contributed by atoms with Crippen molar-refractivity contribution in [3.8, 4) is 22.6 Å². The van der Waals surface area contributed by atoms with E-state index in [1.54, 1.807) is 0 Å². The maximum atomic E-state index is 13.2. The minimum atomic E-state index is -0.390. The van der Waals surface area contributed by atoms with Gasteiger partial charge in [-0.15, -0.1) is 0 Å². The highest BCUT2D eigenvalue weighted by Crippen LogP contribution is 2.51. The molecule has 0 unspecified atom stereocenters. The average molecular weight is 371 g/mol. The molecule has 140 valence electrons. The third kappa shape index (κ3) is 2.85. The number of aryl methyl sites for hydroxylation is 1. The molecule has 0 spiro atoms. The van der Waals surface area contributed by atoms with Gasteiger partial charge in [-0.05, 0) is 54.7 Å². The molecule has 0 saturated heterocycles. The van der Waals surface area contributed by atoms with Gasteiger partial charge >= 0.3 is 0 Å². The molecule has 0 atom stereocenters. The van der Waals surface area contributed by atoms with Crippen LogP contribution in [0.1, 0.15) is 29.7 Å². The summed E-state index contributed by atoms with van der Waals surface area (Å²) in [6.45, 7) is 2.25. The Balaban J connectivity index is 1.41. The van der Waals surface area contributed by atoms with Crippen LogP contribution in [0.5, 0.6) is 11.5 Å². The van der Waals surface area contributed by atoms with Crippen molar-refractivity contribution in [2.45, 2.75) is 31.6 Å². The van der Waals surface area contributed by atoms with Crippen molar-refractivity contribution in [1.29, 1.82) is 0 Å². The smallest absolute Gasteiger partial charge is 0.231 e. The zero-order valence-corrected chi connectivity index (χ0v) is 15.8. The molecule has 2 heterocycles. The highest BCUT2D eigenvalue weighted by Gasteiger charge is 2.50. The summed E-state index contributed by atoms with van der Waals surface area (Å²) in [7, 11) is 0. The van der Waals surface area contributed by atoms with Gasteiger partial charge in [0.15, 0.2) is 11.5 Å². The summed E-state index contributed by atoms with van der Waals surface area (Å²) >= 11 is 0. The fourth-order valence-electron chi connectivity index (χ4n) is 3.99. The van der Waals surface area contributed by atoms with Crippen LogP contribution in [0.15, 0.2) is 60.8 Å². The van der Waals surface area contributed by atoms with E-state index in [0.717, 1.165) is 52.3 Å². The molecule has 0 amide bonds. The Labute approximate surface area is 164 Å². The first-order valence-electron chi connectivity index (χ1n) is 9.60. The summed E-state index contributed by atoms with van der Waals surface area (Å²) in [5, 5.41) is 0. The van der Waals surface area contributed by atoms with E-state index < -0.39 is 5.41 Å². The molecule has 0 bridgehead atoms. The van der Waals surface area contributed by atoms with E-state index in [1.807, 2.05) is 49.5 Å². The molecule has 0 N–H and O–H groups in total. The zero-order valence-electron chi connectivity index (χ0n) is 15.8. The molecule has 2 aromatic carbocycles. The average Bonchev–Trinajstić information content (AvgIpc) is 3.41. The van der Waals surface area contributed by atoms with Crippen LogP contribution in [0, 0.1) is 6.92 Å². The van der Waals surface area contributed by atoms with Gasteiger partial charge in [0.2, 0.25) is 6.79 Å². The van der Waals surface area contributed by atoms with Crippen molar-refractivity contribution in [1.82, 2.24) is 4.98 Å². The fourth-order valence-corrected chi connectivity index (χ4v) is 3.99. The van der Waals surface area contributed by atoms with Gasteiger partial charge in [-0.2, -0.15) is 0 Å². The Hall–Kier alpha value is -3.14. The van der Waals surface area contributed by atoms with Crippen molar-refractivity contribution in [3.05, 3.63) is 77.6 Å². The first-order valence-corrected chi connectivity index (χ1v) is 9.60. The summed E-state index contributed by atoms with van der Waals surface area (Å²) in [4.78, 5) is 17.8. The molecule has 1 fully saturated rings. The Morgan fingerprint density at radius 3 is 2.61 bits per heavy atom.